The van der Waals surface area contributed by atoms with Crippen molar-refractivity contribution in [3.8, 4) is 5.75 Å². The van der Waals surface area contributed by atoms with Gasteiger partial charge in [0.15, 0.2) is 0 Å². The molecule has 0 atom stereocenters. The number of para-hydroxylation sites is 1. The Bertz CT molecular complexity index is 413. The van der Waals surface area contributed by atoms with Crippen LogP contribution in [0.1, 0.15) is 19.4 Å². The molecule has 0 spiro atoms. The van der Waals surface area contributed by atoms with Crippen molar-refractivity contribution in [2.24, 2.45) is 5.41 Å². The quantitative estimate of drug-likeness (QED) is 0.702. The lowest BCUT2D eigenvalue weighted by Gasteiger charge is -2.28. The van der Waals surface area contributed by atoms with E-state index < -0.39 is 0 Å². The first-order valence-electron chi connectivity index (χ1n) is 7.12. The monoisotopic (exact) mass is 276 g/mol. The van der Waals surface area contributed by atoms with Gasteiger partial charge in [0, 0.05) is 25.2 Å². The highest BCUT2D eigenvalue weighted by atomic mass is 16.5. The molecule has 0 bridgehead atoms. The Hall–Kier alpha value is -1.32. The van der Waals surface area contributed by atoms with Crippen molar-refractivity contribution >= 4 is 0 Å². The summed E-state index contributed by atoms with van der Waals surface area (Å²) in [6, 6.07) is 8.15. The molecule has 0 saturated heterocycles. The molecule has 3 nitrogen and oxygen atoms in total. The molecule has 20 heavy (non-hydrogen) atoms. The second-order valence-corrected chi connectivity index (χ2v) is 6.21. The van der Waals surface area contributed by atoms with Crippen molar-refractivity contribution in [3.63, 3.8) is 0 Å². The smallest absolute Gasteiger partial charge is 0.124 e. The summed E-state index contributed by atoms with van der Waals surface area (Å²) >= 11 is 0. The zero-order chi connectivity index (χ0) is 15.0. The Morgan fingerprint density at radius 1 is 1.30 bits per heavy atom. The summed E-state index contributed by atoms with van der Waals surface area (Å²) < 4.78 is 5.67. The molecular formula is C17H28N2O. The summed E-state index contributed by atoms with van der Waals surface area (Å²) in [5.41, 5.74) is 1.44. The Balaban J connectivity index is 2.51. The molecule has 0 radical (unpaired) electrons. The highest BCUT2D eigenvalue weighted by Crippen LogP contribution is 2.19. The van der Waals surface area contributed by atoms with Crippen LogP contribution in [0.25, 0.3) is 0 Å². The number of nitrogens with zero attached hydrogens (tertiary/aromatic N) is 1. The van der Waals surface area contributed by atoms with Crippen molar-refractivity contribution in [3.05, 3.63) is 42.5 Å². The number of nitrogens with one attached hydrogen (secondary N) is 1. The van der Waals surface area contributed by atoms with Crippen molar-refractivity contribution < 1.29 is 4.74 Å². The first-order valence-corrected chi connectivity index (χ1v) is 7.12. The molecule has 3 heteroatoms. The average Bonchev–Trinajstić information content (AvgIpc) is 2.36. The van der Waals surface area contributed by atoms with Gasteiger partial charge in [-0.2, -0.15) is 0 Å². The van der Waals surface area contributed by atoms with Crippen molar-refractivity contribution in [1.82, 2.24) is 10.2 Å². The van der Waals surface area contributed by atoms with Gasteiger partial charge in [-0.1, -0.05) is 44.7 Å². The van der Waals surface area contributed by atoms with Crippen molar-refractivity contribution in [2.75, 3.05) is 33.8 Å². The zero-order valence-corrected chi connectivity index (χ0v) is 13.3. The van der Waals surface area contributed by atoms with E-state index in [0.29, 0.717) is 6.61 Å². The molecule has 1 aromatic carbocycles. The van der Waals surface area contributed by atoms with Gasteiger partial charge in [0.1, 0.15) is 12.4 Å². The van der Waals surface area contributed by atoms with Gasteiger partial charge in [-0.05, 0) is 25.6 Å². The summed E-state index contributed by atoms with van der Waals surface area (Å²) in [5.74, 6) is 0.935. The number of hydrogen-bond acceptors (Lipinski definition) is 3. The number of hydrogen-bond donors (Lipinski definition) is 1. The van der Waals surface area contributed by atoms with Gasteiger partial charge >= 0.3 is 0 Å². The minimum atomic E-state index is 0.250. The predicted octanol–water partition coefficient (Wildman–Crippen LogP) is 2.93. The van der Waals surface area contributed by atoms with E-state index >= 15 is 0 Å². The number of ether oxygens (including phenoxy) is 1. The third-order valence-electron chi connectivity index (χ3n) is 2.99. The fraction of sp³-hybridized carbons (Fsp3) is 0.529. The van der Waals surface area contributed by atoms with Crippen molar-refractivity contribution in [2.45, 2.75) is 20.4 Å². The van der Waals surface area contributed by atoms with Crippen LogP contribution in [0.5, 0.6) is 5.75 Å². The molecular weight excluding hydrogens is 248 g/mol. The highest BCUT2D eigenvalue weighted by molar-refractivity contribution is 5.33. The topological polar surface area (TPSA) is 24.5 Å². The molecule has 0 aliphatic carbocycles. The first-order chi connectivity index (χ1) is 9.44. The summed E-state index contributed by atoms with van der Waals surface area (Å²) in [6.45, 7) is 11.6. The molecule has 0 aromatic heterocycles. The normalized spacial score (nSPS) is 11.7. The second-order valence-electron chi connectivity index (χ2n) is 6.21. The van der Waals surface area contributed by atoms with E-state index in [2.05, 4.69) is 50.8 Å². The molecule has 1 N–H and O–H groups in total. The van der Waals surface area contributed by atoms with Gasteiger partial charge in [0.25, 0.3) is 0 Å². The van der Waals surface area contributed by atoms with Crippen LogP contribution >= 0.6 is 0 Å². The third kappa shape index (κ3) is 6.22. The first kappa shape index (κ1) is 16.7. The lowest BCUT2D eigenvalue weighted by atomic mass is 9.93. The van der Waals surface area contributed by atoms with Gasteiger partial charge in [0.05, 0.1) is 0 Å². The lowest BCUT2D eigenvalue weighted by molar-refractivity contribution is 0.232. The van der Waals surface area contributed by atoms with Crippen LogP contribution < -0.4 is 10.1 Å². The summed E-state index contributed by atoms with van der Waals surface area (Å²) in [6.07, 6.45) is 1.77. The molecule has 112 valence electrons. The summed E-state index contributed by atoms with van der Waals surface area (Å²) in [7, 11) is 4.22. The molecule has 0 fully saturated rings. The molecule has 0 aliphatic heterocycles. The summed E-state index contributed by atoms with van der Waals surface area (Å²) in [5, 5.41) is 3.53. The second kappa shape index (κ2) is 8.08. The van der Waals surface area contributed by atoms with E-state index in [1.165, 1.54) is 5.56 Å². The number of rotatable bonds is 9. The third-order valence-corrected chi connectivity index (χ3v) is 2.99. The summed E-state index contributed by atoms with van der Waals surface area (Å²) in [4.78, 5) is 2.23. The standard InChI is InChI=1S/C17H28N2O/c1-6-11-20-16-10-8-7-9-15(16)12-18-13-17(2,3)14-19(4)5/h6-10,18H,1,11-14H2,2-5H3. The van der Waals surface area contributed by atoms with Crippen LogP contribution in [0.3, 0.4) is 0 Å². The Morgan fingerprint density at radius 2 is 2.00 bits per heavy atom. The van der Waals surface area contributed by atoms with E-state index in [9.17, 15) is 0 Å². The van der Waals surface area contributed by atoms with Crippen molar-refractivity contribution in [1.29, 1.82) is 0 Å². The largest absolute Gasteiger partial charge is 0.489 e. The Labute approximate surface area is 123 Å². The fourth-order valence-electron chi connectivity index (χ4n) is 2.39. The molecule has 0 aliphatic rings. The maximum Gasteiger partial charge on any atom is 0.124 e. The van der Waals surface area contributed by atoms with E-state index in [1.807, 2.05) is 18.2 Å². The van der Waals surface area contributed by atoms with Gasteiger partial charge in [-0.3, -0.25) is 0 Å². The van der Waals surface area contributed by atoms with Gasteiger partial charge in [0.2, 0.25) is 0 Å². The van der Waals surface area contributed by atoms with E-state index in [-0.39, 0.29) is 5.41 Å². The van der Waals surface area contributed by atoms with Crippen LogP contribution in [-0.2, 0) is 6.54 Å². The maximum absolute atomic E-state index is 5.67. The van der Waals surface area contributed by atoms with Crippen LogP contribution in [-0.4, -0.2) is 38.7 Å². The van der Waals surface area contributed by atoms with Crippen LogP contribution in [0.15, 0.2) is 36.9 Å². The van der Waals surface area contributed by atoms with Crippen LogP contribution in [0.4, 0.5) is 0 Å². The fourth-order valence-corrected chi connectivity index (χ4v) is 2.39. The van der Waals surface area contributed by atoms with Gasteiger partial charge < -0.3 is 15.0 Å². The van der Waals surface area contributed by atoms with Crippen LogP contribution in [0.2, 0.25) is 0 Å². The zero-order valence-electron chi connectivity index (χ0n) is 13.3. The predicted molar refractivity (Wildman–Crippen MR) is 86.2 cm³/mol. The molecule has 0 heterocycles. The van der Waals surface area contributed by atoms with E-state index in [0.717, 1.165) is 25.4 Å². The average molecular weight is 276 g/mol. The molecule has 0 saturated carbocycles. The minimum absolute atomic E-state index is 0.250. The van der Waals surface area contributed by atoms with E-state index in [1.54, 1.807) is 6.08 Å². The highest BCUT2D eigenvalue weighted by Gasteiger charge is 2.18. The molecule has 1 rings (SSSR count). The van der Waals surface area contributed by atoms with Gasteiger partial charge in [-0.25, -0.2) is 0 Å². The Kier molecular flexibility index (Phi) is 6.76. The Morgan fingerprint density at radius 3 is 2.65 bits per heavy atom. The maximum atomic E-state index is 5.67. The molecule has 1 aromatic rings. The SMILES string of the molecule is C=CCOc1ccccc1CNCC(C)(C)CN(C)C. The molecule has 0 unspecified atom stereocenters. The van der Waals surface area contributed by atoms with Gasteiger partial charge in [-0.15, -0.1) is 0 Å². The van der Waals surface area contributed by atoms with E-state index in [4.69, 9.17) is 4.74 Å². The van der Waals surface area contributed by atoms with Crippen LogP contribution in [0, 0.1) is 5.41 Å². The lowest BCUT2D eigenvalue weighted by Crippen LogP contribution is -2.37. The molecule has 0 amide bonds. The number of benzene rings is 1. The minimum Gasteiger partial charge on any atom is -0.489 e.